The molecule has 0 aliphatic heterocycles. The molecule has 0 unspecified atom stereocenters. The van der Waals surface area contributed by atoms with E-state index in [2.05, 4.69) is 15.3 Å². The van der Waals surface area contributed by atoms with Gasteiger partial charge in [-0.1, -0.05) is 29.2 Å². The molecule has 0 saturated heterocycles. The van der Waals surface area contributed by atoms with Crippen LogP contribution in [0.1, 0.15) is 5.82 Å². The Labute approximate surface area is 155 Å². The first-order valence-corrected chi connectivity index (χ1v) is 7.76. The van der Waals surface area contributed by atoms with Crippen molar-refractivity contribution in [3.05, 3.63) is 49.9 Å². The second-order valence-corrected chi connectivity index (χ2v) is 6.01. The molecule has 3 aromatic rings. The van der Waals surface area contributed by atoms with Crippen molar-refractivity contribution in [2.75, 3.05) is 5.32 Å². The lowest BCUT2D eigenvalue weighted by atomic mass is 9.96. The zero-order valence-corrected chi connectivity index (χ0v) is 14.7. The van der Waals surface area contributed by atoms with Gasteiger partial charge in [-0.15, -0.1) is 0 Å². The fourth-order valence-electron chi connectivity index (χ4n) is 2.45. The fraction of sp³-hybridized carbons (Fsp3) is 0.200. The zero-order valence-electron chi connectivity index (χ0n) is 13.9. The molecule has 0 atom stereocenters. The van der Waals surface area contributed by atoms with E-state index in [0.717, 1.165) is 9.13 Å². The average Bonchev–Trinajstić information content (AvgIpc) is 2.60. The number of benzene rings is 1. The van der Waals surface area contributed by atoms with Crippen molar-refractivity contribution < 1.29 is 13.2 Å². The molecule has 2 radical (unpaired) electrons. The number of halogens is 4. The highest BCUT2D eigenvalue weighted by Crippen LogP contribution is 2.31. The smallest absolute Gasteiger partial charge is 0.338 e. The Morgan fingerprint density at radius 3 is 2.44 bits per heavy atom. The molecular weight excluding hydrogens is 385 g/mol. The van der Waals surface area contributed by atoms with Gasteiger partial charge in [-0.3, -0.25) is 13.9 Å². The largest absolute Gasteiger partial charge is 0.451 e. The summed E-state index contributed by atoms with van der Waals surface area (Å²) >= 11 is 6.06. The van der Waals surface area contributed by atoms with E-state index >= 15 is 0 Å². The maximum absolute atomic E-state index is 13.2. The van der Waals surface area contributed by atoms with Crippen molar-refractivity contribution in [1.29, 1.82) is 0 Å². The van der Waals surface area contributed by atoms with E-state index in [9.17, 15) is 22.8 Å². The Hall–Kier alpha value is -2.82. The molecule has 2 heterocycles. The van der Waals surface area contributed by atoms with Crippen molar-refractivity contribution in [3.8, 4) is 0 Å². The SMILES string of the molecule is [B]c1cccc(Nc2nc(C(F)(F)F)nc3c2c(=O)n(C)c(=O)n3C)c1Cl. The van der Waals surface area contributed by atoms with Gasteiger partial charge >= 0.3 is 11.9 Å². The van der Waals surface area contributed by atoms with Gasteiger partial charge in [0.25, 0.3) is 5.56 Å². The molecular formula is C15H10BClF3N5O2. The minimum absolute atomic E-state index is 0.0412. The summed E-state index contributed by atoms with van der Waals surface area (Å²) in [5, 5.41) is 2.33. The normalized spacial score (nSPS) is 11.8. The third-order valence-electron chi connectivity index (χ3n) is 3.84. The van der Waals surface area contributed by atoms with Crippen LogP contribution >= 0.6 is 11.6 Å². The van der Waals surface area contributed by atoms with Crippen LogP contribution in [0.5, 0.6) is 0 Å². The van der Waals surface area contributed by atoms with Crippen LogP contribution in [0, 0.1) is 0 Å². The molecule has 3 rings (SSSR count). The highest BCUT2D eigenvalue weighted by Gasteiger charge is 2.36. The van der Waals surface area contributed by atoms with Gasteiger partial charge in [0.15, 0.2) is 5.65 Å². The molecule has 0 amide bonds. The monoisotopic (exact) mass is 395 g/mol. The first-order chi connectivity index (χ1) is 12.5. The Bertz CT molecular complexity index is 1190. The predicted octanol–water partition coefficient (Wildman–Crippen LogP) is 1.24. The first kappa shape index (κ1) is 19.0. The summed E-state index contributed by atoms with van der Waals surface area (Å²) in [4.78, 5) is 31.4. The third-order valence-corrected chi connectivity index (χ3v) is 4.26. The summed E-state index contributed by atoms with van der Waals surface area (Å²) in [6, 6.07) is 4.47. The van der Waals surface area contributed by atoms with Crippen LogP contribution in [0.15, 0.2) is 27.8 Å². The van der Waals surface area contributed by atoms with Crippen molar-refractivity contribution >= 4 is 47.4 Å². The second kappa shape index (κ2) is 6.41. The molecule has 12 heteroatoms. The Morgan fingerprint density at radius 1 is 1.15 bits per heavy atom. The standard InChI is InChI=1S/C15H10BClF3N5O2/c1-24-11-8(12(26)25(2)14(24)27)10(22-13(23-11)15(18,19)20)21-7-5-3-4-6(16)9(7)17/h3-5H,1-2H3,(H,21,22,23). The number of hydrogen-bond donors (Lipinski definition) is 1. The summed E-state index contributed by atoms with van der Waals surface area (Å²) in [5.41, 5.74) is -1.83. The van der Waals surface area contributed by atoms with Gasteiger partial charge in [0.05, 0.1) is 10.7 Å². The van der Waals surface area contributed by atoms with Crippen LogP contribution in [-0.2, 0) is 20.3 Å². The molecule has 0 saturated carbocycles. The number of alkyl halides is 3. The molecule has 0 bridgehead atoms. The number of nitrogens with one attached hydrogen (secondary N) is 1. The molecule has 2 aromatic heterocycles. The molecule has 0 aliphatic carbocycles. The minimum atomic E-state index is -4.90. The zero-order chi connectivity index (χ0) is 20.1. The molecule has 1 aromatic carbocycles. The lowest BCUT2D eigenvalue weighted by molar-refractivity contribution is -0.144. The summed E-state index contributed by atoms with van der Waals surface area (Å²) in [7, 11) is 8.08. The van der Waals surface area contributed by atoms with Gasteiger partial charge in [-0.2, -0.15) is 13.2 Å². The number of aryl methyl sites for hydroxylation is 1. The maximum Gasteiger partial charge on any atom is 0.451 e. The number of fused-ring (bicyclic) bond motifs is 1. The number of anilines is 2. The molecule has 7 nitrogen and oxygen atoms in total. The molecule has 0 spiro atoms. The summed E-state index contributed by atoms with van der Waals surface area (Å²) in [6.45, 7) is 0. The van der Waals surface area contributed by atoms with E-state index in [1.807, 2.05) is 0 Å². The lowest BCUT2D eigenvalue weighted by Gasteiger charge is -2.15. The lowest BCUT2D eigenvalue weighted by Crippen LogP contribution is -2.38. The van der Waals surface area contributed by atoms with Crippen LogP contribution in [0.3, 0.4) is 0 Å². The van der Waals surface area contributed by atoms with Crippen LogP contribution < -0.4 is 22.0 Å². The van der Waals surface area contributed by atoms with E-state index in [4.69, 9.17) is 19.4 Å². The predicted molar refractivity (Wildman–Crippen MR) is 95.1 cm³/mol. The average molecular weight is 396 g/mol. The van der Waals surface area contributed by atoms with Crippen molar-refractivity contribution in [3.63, 3.8) is 0 Å². The van der Waals surface area contributed by atoms with Gasteiger partial charge < -0.3 is 5.32 Å². The van der Waals surface area contributed by atoms with E-state index in [1.54, 1.807) is 0 Å². The highest BCUT2D eigenvalue weighted by molar-refractivity contribution is 6.46. The molecule has 0 aliphatic rings. The molecule has 0 fully saturated rings. The topological polar surface area (TPSA) is 81.8 Å². The quantitative estimate of drug-likeness (QED) is 0.660. The summed E-state index contributed by atoms with van der Waals surface area (Å²) in [5.74, 6) is -1.96. The maximum atomic E-state index is 13.2. The summed E-state index contributed by atoms with van der Waals surface area (Å²) in [6.07, 6.45) is -4.90. The first-order valence-electron chi connectivity index (χ1n) is 7.38. The Kier molecular flexibility index (Phi) is 4.50. The highest BCUT2D eigenvalue weighted by atomic mass is 35.5. The van der Waals surface area contributed by atoms with Crippen molar-refractivity contribution in [2.45, 2.75) is 6.18 Å². The second-order valence-electron chi connectivity index (χ2n) is 5.63. The van der Waals surface area contributed by atoms with E-state index in [-0.39, 0.29) is 21.6 Å². The van der Waals surface area contributed by atoms with Crippen LogP contribution in [0.4, 0.5) is 24.7 Å². The number of rotatable bonds is 2. The number of hydrogen-bond acceptors (Lipinski definition) is 5. The minimum Gasteiger partial charge on any atom is -0.338 e. The molecule has 138 valence electrons. The van der Waals surface area contributed by atoms with Gasteiger partial charge in [0, 0.05) is 14.1 Å². The van der Waals surface area contributed by atoms with Gasteiger partial charge in [-0.25, -0.2) is 14.8 Å². The van der Waals surface area contributed by atoms with E-state index < -0.39 is 34.7 Å². The number of aromatic nitrogens is 4. The van der Waals surface area contributed by atoms with E-state index in [0.29, 0.717) is 0 Å². The summed E-state index contributed by atoms with van der Waals surface area (Å²) < 4.78 is 41.2. The number of nitrogens with zero attached hydrogens (tertiary/aromatic N) is 4. The van der Waals surface area contributed by atoms with Gasteiger partial charge in [0.1, 0.15) is 19.1 Å². The van der Waals surface area contributed by atoms with Gasteiger partial charge in [0.2, 0.25) is 5.82 Å². The van der Waals surface area contributed by atoms with Gasteiger partial charge in [-0.05, 0) is 6.07 Å². The Morgan fingerprint density at radius 2 is 1.81 bits per heavy atom. The Balaban J connectivity index is 2.41. The fourth-order valence-corrected chi connectivity index (χ4v) is 2.62. The van der Waals surface area contributed by atoms with Crippen molar-refractivity contribution in [1.82, 2.24) is 19.1 Å². The van der Waals surface area contributed by atoms with Crippen molar-refractivity contribution in [2.24, 2.45) is 14.1 Å². The van der Waals surface area contributed by atoms with Crippen LogP contribution in [0.25, 0.3) is 11.0 Å². The molecule has 27 heavy (non-hydrogen) atoms. The molecule has 1 N–H and O–H groups in total. The van der Waals surface area contributed by atoms with Crippen LogP contribution in [0.2, 0.25) is 5.02 Å². The third kappa shape index (κ3) is 3.18. The van der Waals surface area contributed by atoms with Crippen LogP contribution in [-0.4, -0.2) is 26.9 Å². The van der Waals surface area contributed by atoms with E-state index in [1.165, 1.54) is 32.3 Å².